The van der Waals surface area contributed by atoms with Crippen molar-refractivity contribution in [3.05, 3.63) is 65.9 Å². The molecule has 2 aromatic carbocycles. The monoisotopic (exact) mass is 307 g/mol. The number of rotatable bonds is 3. The van der Waals surface area contributed by atoms with Crippen molar-refractivity contribution >= 4 is 23.0 Å². The molecule has 3 rings (SSSR count). The fourth-order valence-electron chi connectivity index (χ4n) is 2.13. The molecule has 3 N–H and O–H groups in total. The average Bonchev–Trinajstić information content (AvgIpc) is 2.58. The highest BCUT2D eigenvalue weighted by atomic mass is 16.3. The molecule has 0 spiro atoms. The molecule has 1 aromatic heterocycles. The first kappa shape index (κ1) is 14.5. The third kappa shape index (κ3) is 3.11. The molecule has 0 unspecified atom stereocenters. The van der Waals surface area contributed by atoms with Crippen LogP contribution in [0.2, 0.25) is 0 Å². The number of carbonyl (C=O) groups excluding carboxylic acids is 1. The summed E-state index contributed by atoms with van der Waals surface area (Å²) in [7, 11) is 0. The van der Waals surface area contributed by atoms with E-state index in [1.807, 2.05) is 6.07 Å². The van der Waals surface area contributed by atoms with Gasteiger partial charge in [-0.1, -0.05) is 6.07 Å². The molecule has 114 valence electrons. The van der Waals surface area contributed by atoms with Crippen molar-refractivity contribution in [1.82, 2.24) is 10.4 Å². The van der Waals surface area contributed by atoms with Crippen LogP contribution in [0.3, 0.4) is 0 Å². The van der Waals surface area contributed by atoms with Gasteiger partial charge in [0.25, 0.3) is 5.91 Å². The fourth-order valence-corrected chi connectivity index (χ4v) is 2.13. The van der Waals surface area contributed by atoms with E-state index in [0.29, 0.717) is 11.1 Å². The second kappa shape index (κ2) is 6.15. The molecule has 6 heteroatoms. The highest BCUT2D eigenvalue weighted by Crippen LogP contribution is 2.24. The van der Waals surface area contributed by atoms with Crippen LogP contribution in [-0.4, -0.2) is 27.3 Å². The van der Waals surface area contributed by atoms with Crippen LogP contribution in [0.25, 0.3) is 10.9 Å². The summed E-state index contributed by atoms with van der Waals surface area (Å²) in [6.45, 7) is 0. The second-order valence-corrected chi connectivity index (χ2v) is 4.82. The molecule has 0 fully saturated rings. The van der Waals surface area contributed by atoms with Gasteiger partial charge < -0.3 is 10.2 Å². The molecule has 0 aliphatic rings. The van der Waals surface area contributed by atoms with Gasteiger partial charge in [-0.25, -0.2) is 5.43 Å². The molecule has 0 saturated carbocycles. The zero-order valence-electron chi connectivity index (χ0n) is 12.0. The van der Waals surface area contributed by atoms with Crippen molar-refractivity contribution in [2.45, 2.75) is 0 Å². The predicted octanol–water partition coefficient (Wildman–Crippen LogP) is 2.41. The summed E-state index contributed by atoms with van der Waals surface area (Å²) >= 11 is 0. The summed E-state index contributed by atoms with van der Waals surface area (Å²) in [5, 5.41) is 23.6. The van der Waals surface area contributed by atoms with E-state index >= 15 is 0 Å². The van der Waals surface area contributed by atoms with Crippen LogP contribution in [0, 0.1) is 0 Å². The maximum Gasteiger partial charge on any atom is 0.271 e. The predicted molar refractivity (Wildman–Crippen MR) is 86.6 cm³/mol. The molecule has 0 radical (unpaired) electrons. The summed E-state index contributed by atoms with van der Waals surface area (Å²) in [5.74, 6) is -0.207. The van der Waals surface area contributed by atoms with Crippen molar-refractivity contribution in [1.29, 1.82) is 0 Å². The molecule has 0 bridgehead atoms. The number of fused-ring (bicyclic) bond motifs is 1. The Kier molecular flexibility index (Phi) is 3.88. The lowest BCUT2D eigenvalue weighted by Crippen LogP contribution is -2.17. The minimum Gasteiger partial charge on any atom is -0.508 e. The summed E-state index contributed by atoms with van der Waals surface area (Å²) in [6.07, 6.45) is 3.08. The Bertz CT molecular complexity index is 889. The molecule has 0 aliphatic heterocycles. The first-order chi connectivity index (χ1) is 11.1. The Morgan fingerprint density at radius 3 is 2.65 bits per heavy atom. The number of hydrogen-bond acceptors (Lipinski definition) is 5. The van der Waals surface area contributed by atoms with E-state index in [2.05, 4.69) is 15.5 Å². The van der Waals surface area contributed by atoms with Crippen molar-refractivity contribution in [3.63, 3.8) is 0 Å². The maximum absolute atomic E-state index is 11.9. The zero-order valence-corrected chi connectivity index (χ0v) is 12.0. The smallest absolute Gasteiger partial charge is 0.271 e. The van der Waals surface area contributed by atoms with Crippen molar-refractivity contribution in [2.75, 3.05) is 0 Å². The number of phenolic OH excluding ortho intramolecular Hbond substituents is 2. The van der Waals surface area contributed by atoms with E-state index in [9.17, 15) is 15.0 Å². The van der Waals surface area contributed by atoms with Crippen LogP contribution in [-0.2, 0) is 0 Å². The molecular formula is C17H13N3O3. The van der Waals surface area contributed by atoms with Gasteiger partial charge >= 0.3 is 0 Å². The Labute approximate surface area is 131 Å². The Morgan fingerprint density at radius 2 is 1.87 bits per heavy atom. The van der Waals surface area contributed by atoms with Gasteiger partial charge in [-0.2, -0.15) is 5.10 Å². The minimum absolute atomic E-state index is 0.0888. The van der Waals surface area contributed by atoms with Gasteiger partial charge in [0.2, 0.25) is 0 Å². The van der Waals surface area contributed by atoms with E-state index in [1.165, 1.54) is 36.5 Å². The van der Waals surface area contributed by atoms with Gasteiger partial charge in [0.1, 0.15) is 17.0 Å². The minimum atomic E-state index is -0.387. The molecular weight excluding hydrogens is 294 g/mol. The van der Waals surface area contributed by atoms with E-state index in [4.69, 9.17) is 0 Å². The number of aromatic nitrogens is 1. The normalized spacial score (nSPS) is 11.0. The van der Waals surface area contributed by atoms with E-state index in [1.54, 1.807) is 18.3 Å². The van der Waals surface area contributed by atoms with Gasteiger partial charge in [-0.15, -0.1) is 0 Å². The molecule has 1 heterocycles. The Morgan fingerprint density at radius 1 is 1.09 bits per heavy atom. The lowest BCUT2D eigenvalue weighted by molar-refractivity contribution is 0.0955. The van der Waals surface area contributed by atoms with Gasteiger partial charge in [0.05, 0.1) is 6.21 Å². The lowest BCUT2D eigenvalue weighted by atomic mass is 10.1. The molecule has 1 amide bonds. The first-order valence-electron chi connectivity index (χ1n) is 6.84. The molecule has 3 aromatic rings. The number of amides is 1. The number of pyridine rings is 1. The molecule has 0 aliphatic carbocycles. The largest absolute Gasteiger partial charge is 0.508 e. The molecule has 0 atom stereocenters. The second-order valence-electron chi connectivity index (χ2n) is 4.82. The molecule has 23 heavy (non-hydrogen) atoms. The van der Waals surface area contributed by atoms with Crippen LogP contribution in [0.5, 0.6) is 11.5 Å². The van der Waals surface area contributed by atoms with Crippen molar-refractivity contribution in [2.24, 2.45) is 5.10 Å². The molecule has 6 nitrogen and oxygen atoms in total. The number of aromatic hydroxyl groups is 2. The van der Waals surface area contributed by atoms with Crippen LogP contribution in [0.1, 0.15) is 15.9 Å². The zero-order chi connectivity index (χ0) is 16.2. The number of hydrazone groups is 1. The lowest BCUT2D eigenvalue weighted by Gasteiger charge is -2.03. The maximum atomic E-state index is 11.9. The van der Waals surface area contributed by atoms with Crippen LogP contribution in [0.15, 0.2) is 59.8 Å². The summed E-state index contributed by atoms with van der Waals surface area (Å²) < 4.78 is 0. The topological polar surface area (TPSA) is 94.8 Å². The fraction of sp³-hybridized carbons (Fsp3) is 0. The Balaban J connectivity index is 1.80. The highest BCUT2D eigenvalue weighted by molar-refractivity contribution is 6.01. The summed E-state index contributed by atoms with van der Waals surface area (Å²) in [4.78, 5) is 16.0. The SMILES string of the molecule is O=C(N/N=C/c1ccc(O)c2ncccc12)c1ccc(O)cc1. The number of nitrogens with one attached hydrogen (secondary N) is 1. The van der Waals surface area contributed by atoms with E-state index in [-0.39, 0.29) is 17.4 Å². The van der Waals surface area contributed by atoms with Crippen molar-refractivity contribution in [3.8, 4) is 11.5 Å². The number of nitrogens with zero attached hydrogens (tertiary/aromatic N) is 2. The highest BCUT2D eigenvalue weighted by Gasteiger charge is 2.05. The van der Waals surface area contributed by atoms with Gasteiger partial charge in [-0.05, 0) is 42.5 Å². The van der Waals surface area contributed by atoms with Gasteiger partial charge in [0.15, 0.2) is 0 Å². The third-order valence-corrected chi connectivity index (χ3v) is 3.28. The van der Waals surface area contributed by atoms with E-state index < -0.39 is 0 Å². The standard InChI is InChI=1S/C17H13N3O3/c21-13-6-3-11(4-7-13)17(23)20-19-10-12-5-8-15(22)16-14(12)2-1-9-18-16/h1-10,21-22H,(H,20,23)/b19-10+. The molecule has 0 saturated heterocycles. The first-order valence-corrected chi connectivity index (χ1v) is 6.84. The van der Waals surface area contributed by atoms with Crippen LogP contribution >= 0.6 is 0 Å². The van der Waals surface area contributed by atoms with Crippen molar-refractivity contribution < 1.29 is 15.0 Å². The average molecular weight is 307 g/mol. The summed E-state index contributed by atoms with van der Waals surface area (Å²) in [5.41, 5.74) is 3.99. The number of benzene rings is 2. The third-order valence-electron chi connectivity index (χ3n) is 3.28. The Hall–Kier alpha value is -3.41. The summed E-state index contributed by atoms with van der Waals surface area (Å²) in [6, 6.07) is 12.6. The van der Waals surface area contributed by atoms with Crippen LogP contribution in [0.4, 0.5) is 0 Å². The number of hydrogen-bond donors (Lipinski definition) is 3. The van der Waals surface area contributed by atoms with Crippen LogP contribution < -0.4 is 5.43 Å². The van der Waals surface area contributed by atoms with Gasteiger partial charge in [-0.3, -0.25) is 9.78 Å². The van der Waals surface area contributed by atoms with E-state index in [0.717, 1.165) is 10.9 Å². The van der Waals surface area contributed by atoms with Gasteiger partial charge in [0, 0.05) is 22.7 Å². The number of carbonyl (C=O) groups is 1. The quantitative estimate of drug-likeness (QED) is 0.511. The number of phenols is 2.